The molecular formula is C20H24FN5O9S2. The predicted molar refractivity (Wildman–Crippen MR) is 131 cm³/mol. The highest BCUT2D eigenvalue weighted by atomic mass is 32.2. The lowest BCUT2D eigenvalue weighted by Crippen LogP contribution is -2.34. The molecule has 0 aliphatic carbocycles. The summed E-state index contributed by atoms with van der Waals surface area (Å²) in [4.78, 5) is 26.5. The molecule has 0 bridgehead atoms. The van der Waals surface area contributed by atoms with E-state index in [-0.39, 0.29) is 17.6 Å². The Bertz CT molecular complexity index is 1610. The lowest BCUT2D eigenvalue weighted by Gasteiger charge is -2.23. The Balaban J connectivity index is 0.000000327. The molecule has 1 aliphatic rings. The van der Waals surface area contributed by atoms with Crippen LogP contribution in [0, 0.1) is 5.82 Å². The Labute approximate surface area is 210 Å². The Morgan fingerprint density at radius 1 is 1.05 bits per heavy atom. The number of fused-ring (bicyclic) bond motifs is 2. The van der Waals surface area contributed by atoms with Crippen LogP contribution >= 0.6 is 0 Å². The van der Waals surface area contributed by atoms with Crippen LogP contribution in [-0.4, -0.2) is 88.9 Å². The number of rotatable bonds is 3. The first-order chi connectivity index (χ1) is 17.2. The van der Waals surface area contributed by atoms with Crippen LogP contribution in [0.15, 0.2) is 35.5 Å². The number of aromatic nitrogens is 5. The van der Waals surface area contributed by atoms with Crippen molar-refractivity contribution in [2.75, 3.05) is 32.3 Å². The van der Waals surface area contributed by atoms with E-state index < -0.39 is 20.2 Å². The lowest BCUT2D eigenvalue weighted by atomic mass is 10.1. The van der Waals surface area contributed by atoms with E-state index in [0.717, 1.165) is 5.56 Å². The number of imidazole rings is 1. The van der Waals surface area contributed by atoms with E-state index >= 15 is 0 Å². The third-order valence-corrected chi connectivity index (χ3v) is 4.71. The van der Waals surface area contributed by atoms with Gasteiger partial charge in [-0.05, 0) is 12.1 Å². The number of aromatic amines is 2. The first-order valence-corrected chi connectivity index (χ1v) is 14.1. The summed E-state index contributed by atoms with van der Waals surface area (Å²) >= 11 is 0. The predicted octanol–water partition coefficient (Wildman–Crippen LogP) is 0.830. The molecule has 5 rings (SSSR count). The molecule has 4 N–H and O–H groups in total. The van der Waals surface area contributed by atoms with E-state index in [4.69, 9.17) is 18.6 Å². The van der Waals surface area contributed by atoms with Gasteiger partial charge < -0.3 is 14.5 Å². The number of H-pyrrole nitrogens is 2. The maximum Gasteiger partial charge on any atom is 0.327 e. The van der Waals surface area contributed by atoms with Crippen molar-refractivity contribution in [3.63, 3.8) is 0 Å². The van der Waals surface area contributed by atoms with Crippen LogP contribution in [-0.2, 0) is 36.3 Å². The van der Waals surface area contributed by atoms with Gasteiger partial charge in [-0.15, -0.1) is 0 Å². The molecule has 1 saturated heterocycles. The first kappa shape index (κ1) is 28.4. The smallest absolute Gasteiger partial charge is 0.327 e. The number of ether oxygens (including phenoxy) is 2. The summed E-state index contributed by atoms with van der Waals surface area (Å²) in [6.45, 7) is 1.89. The van der Waals surface area contributed by atoms with Crippen molar-refractivity contribution in [3.8, 4) is 11.1 Å². The second-order valence-electron chi connectivity index (χ2n) is 7.92. The molecule has 0 saturated carbocycles. The molecule has 5 heterocycles. The summed E-state index contributed by atoms with van der Waals surface area (Å²) in [5, 5.41) is 0.409. The Morgan fingerprint density at radius 3 is 2.24 bits per heavy atom. The van der Waals surface area contributed by atoms with Gasteiger partial charge in [-0.2, -0.15) is 16.8 Å². The van der Waals surface area contributed by atoms with Crippen LogP contribution in [0.3, 0.4) is 0 Å². The molecule has 14 nitrogen and oxygen atoms in total. The fourth-order valence-corrected chi connectivity index (χ4v) is 3.35. The molecule has 0 amide bonds. The maximum atomic E-state index is 13.9. The van der Waals surface area contributed by atoms with Crippen molar-refractivity contribution in [1.82, 2.24) is 24.5 Å². The van der Waals surface area contributed by atoms with Crippen LogP contribution in [0.25, 0.3) is 33.3 Å². The second kappa shape index (κ2) is 11.4. The van der Waals surface area contributed by atoms with Gasteiger partial charge >= 0.3 is 5.69 Å². The minimum Gasteiger partial charge on any atom is -0.376 e. The van der Waals surface area contributed by atoms with E-state index in [1.165, 1.54) is 6.20 Å². The summed E-state index contributed by atoms with van der Waals surface area (Å²) in [5.74, 6) is -0.360. The van der Waals surface area contributed by atoms with Gasteiger partial charge in [0, 0.05) is 29.7 Å². The van der Waals surface area contributed by atoms with Crippen LogP contribution in [0.2, 0.25) is 0 Å². The average Bonchev–Trinajstić information content (AvgIpc) is 3.31. The molecule has 4 aromatic rings. The van der Waals surface area contributed by atoms with Crippen LogP contribution in [0.1, 0.15) is 0 Å². The summed E-state index contributed by atoms with van der Waals surface area (Å²) < 4.78 is 78.2. The molecule has 0 spiro atoms. The normalized spacial score (nSPS) is 16.1. The van der Waals surface area contributed by atoms with Gasteiger partial charge in [0.15, 0.2) is 5.65 Å². The summed E-state index contributed by atoms with van der Waals surface area (Å²) in [7, 11) is -7.33. The quantitative estimate of drug-likeness (QED) is 0.258. The Kier molecular flexibility index (Phi) is 8.77. The minimum atomic E-state index is -3.67. The van der Waals surface area contributed by atoms with Crippen molar-refractivity contribution < 1.29 is 39.8 Å². The van der Waals surface area contributed by atoms with Crippen LogP contribution in [0.4, 0.5) is 4.39 Å². The van der Waals surface area contributed by atoms with Gasteiger partial charge in [-0.1, -0.05) is 0 Å². The third kappa shape index (κ3) is 8.69. The molecule has 1 aliphatic heterocycles. The third-order valence-electron chi connectivity index (χ3n) is 4.71. The van der Waals surface area contributed by atoms with Crippen molar-refractivity contribution in [3.05, 3.63) is 47.0 Å². The largest absolute Gasteiger partial charge is 0.376 e. The van der Waals surface area contributed by atoms with Crippen molar-refractivity contribution in [2.24, 2.45) is 0 Å². The molecule has 4 aromatic heterocycles. The number of hydrogen-bond donors (Lipinski definition) is 4. The molecule has 37 heavy (non-hydrogen) atoms. The highest BCUT2D eigenvalue weighted by Gasteiger charge is 2.19. The van der Waals surface area contributed by atoms with Crippen molar-refractivity contribution >= 4 is 42.4 Å². The molecular weight excluding hydrogens is 537 g/mol. The van der Waals surface area contributed by atoms with Crippen LogP contribution in [0.5, 0.6) is 0 Å². The summed E-state index contributed by atoms with van der Waals surface area (Å²) in [5.41, 5.74) is 2.83. The maximum absolute atomic E-state index is 13.9. The molecule has 0 unspecified atom stereocenters. The van der Waals surface area contributed by atoms with E-state index in [9.17, 15) is 26.0 Å². The van der Waals surface area contributed by atoms with E-state index in [2.05, 4.69) is 19.9 Å². The van der Waals surface area contributed by atoms with Gasteiger partial charge in [-0.25, -0.2) is 19.2 Å². The van der Waals surface area contributed by atoms with E-state index in [1.807, 2.05) is 6.07 Å². The number of halogens is 1. The van der Waals surface area contributed by atoms with Crippen molar-refractivity contribution in [1.29, 1.82) is 0 Å². The summed E-state index contributed by atoms with van der Waals surface area (Å²) in [6.07, 6.45) is 5.80. The zero-order chi connectivity index (χ0) is 27.4. The highest BCUT2D eigenvalue weighted by molar-refractivity contribution is 7.85. The molecule has 1 fully saturated rings. The average molecular weight is 562 g/mol. The Morgan fingerprint density at radius 2 is 1.65 bits per heavy atom. The number of nitrogens with zero attached hydrogens (tertiary/aromatic N) is 3. The number of pyridine rings is 2. The molecule has 202 valence electrons. The van der Waals surface area contributed by atoms with E-state index in [1.54, 1.807) is 23.0 Å². The SMILES string of the molecule is CS(=O)(=O)O.CS(=O)(=O)O.O=c1[nH]c2ncc(-c3cnc4[nH]cc(F)c4c3)cc2n1C[C@H]1COCCO1. The zero-order valence-electron chi connectivity index (χ0n) is 19.6. The highest BCUT2D eigenvalue weighted by Crippen LogP contribution is 2.25. The monoisotopic (exact) mass is 561 g/mol. The zero-order valence-corrected chi connectivity index (χ0v) is 21.2. The summed E-state index contributed by atoms with van der Waals surface area (Å²) in [6, 6.07) is 3.56. The first-order valence-electron chi connectivity index (χ1n) is 10.4. The van der Waals surface area contributed by atoms with Crippen LogP contribution < -0.4 is 5.69 Å². The molecule has 1 atom stereocenters. The van der Waals surface area contributed by atoms with Gasteiger partial charge in [0.25, 0.3) is 20.2 Å². The van der Waals surface area contributed by atoms with Gasteiger partial charge in [-0.3, -0.25) is 18.7 Å². The topological polar surface area (TPSA) is 207 Å². The fourth-order valence-electron chi connectivity index (χ4n) is 3.35. The number of hydrogen-bond acceptors (Lipinski definition) is 9. The van der Waals surface area contributed by atoms with Gasteiger partial charge in [0.2, 0.25) is 0 Å². The fraction of sp³-hybridized carbons (Fsp3) is 0.350. The van der Waals surface area contributed by atoms with Gasteiger partial charge in [0.05, 0.1) is 55.9 Å². The number of nitrogens with one attached hydrogen (secondary N) is 2. The standard InChI is InChI=1S/C18H16FN5O3.2CH4O3S/c19-14-7-22-16-13(14)3-10(5-20-16)11-4-15-17(21-6-11)23-18(25)24(15)8-12-9-26-1-2-27-12;2*1-5(2,3)4/h3-7,12H,1-2,8-9H2,(H,20,22)(H,21,23,25);2*1H3,(H,2,3,4)/t12-;;/m0../s1. The molecule has 17 heteroatoms. The molecule has 0 aromatic carbocycles. The van der Waals surface area contributed by atoms with Gasteiger partial charge in [0.1, 0.15) is 11.5 Å². The molecule has 0 radical (unpaired) electrons. The Hall–Kier alpha value is -3.22. The second-order valence-corrected chi connectivity index (χ2v) is 10.9. The lowest BCUT2D eigenvalue weighted by molar-refractivity contribution is -0.0934. The van der Waals surface area contributed by atoms with E-state index in [0.29, 0.717) is 66.6 Å². The minimum absolute atomic E-state index is 0.189. The van der Waals surface area contributed by atoms with Crippen molar-refractivity contribution in [2.45, 2.75) is 12.6 Å².